The lowest BCUT2D eigenvalue weighted by molar-refractivity contribution is -0.122. The van der Waals surface area contributed by atoms with Gasteiger partial charge in [0.05, 0.1) is 36.1 Å². The fourth-order valence-electron chi connectivity index (χ4n) is 4.24. The molecule has 2 aromatic rings. The molecule has 0 bridgehead atoms. The Bertz CT molecular complexity index is 1040. The maximum Gasteiger partial charge on any atom is 0.253 e. The van der Waals surface area contributed by atoms with Crippen LogP contribution >= 0.6 is 0 Å². The van der Waals surface area contributed by atoms with Gasteiger partial charge in [-0.3, -0.25) is 19.3 Å². The molecule has 1 atom stereocenters. The number of nitrogens with zero attached hydrogens (tertiary/aromatic N) is 2. The molecule has 3 amide bonds. The zero-order valence-corrected chi connectivity index (χ0v) is 19.0. The van der Waals surface area contributed by atoms with Crippen LogP contribution in [0.4, 0.5) is 15.8 Å². The van der Waals surface area contributed by atoms with E-state index < -0.39 is 11.7 Å². The van der Waals surface area contributed by atoms with Crippen LogP contribution in [0.15, 0.2) is 48.5 Å². The number of hydrogen-bond acceptors (Lipinski definition) is 5. The van der Waals surface area contributed by atoms with Gasteiger partial charge in [-0.15, -0.1) is 0 Å². The van der Waals surface area contributed by atoms with E-state index >= 15 is 0 Å². The van der Waals surface area contributed by atoms with Crippen LogP contribution in [0.3, 0.4) is 0 Å². The van der Waals surface area contributed by atoms with Crippen LogP contribution in [0, 0.1) is 11.7 Å². The summed E-state index contributed by atoms with van der Waals surface area (Å²) in [5, 5.41) is 5.70. The van der Waals surface area contributed by atoms with E-state index in [-0.39, 0.29) is 36.4 Å². The van der Waals surface area contributed by atoms with Crippen LogP contribution in [-0.2, 0) is 14.3 Å². The zero-order valence-electron chi connectivity index (χ0n) is 19.0. The minimum Gasteiger partial charge on any atom is -0.379 e. The number of hydrogen-bond donors (Lipinski definition) is 2. The predicted octanol–water partition coefficient (Wildman–Crippen LogP) is 2.27. The number of halogens is 1. The number of carbonyl (C=O) groups is 3. The zero-order chi connectivity index (χ0) is 23.9. The highest BCUT2D eigenvalue weighted by molar-refractivity contribution is 6.07. The quantitative estimate of drug-likeness (QED) is 0.580. The van der Waals surface area contributed by atoms with Gasteiger partial charge in [-0.2, -0.15) is 0 Å². The molecule has 9 heteroatoms. The fourth-order valence-corrected chi connectivity index (χ4v) is 4.24. The van der Waals surface area contributed by atoms with Crippen molar-refractivity contribution in [2.24, 2.45) is 5.92 Å². The molecule has 34 heavy (non-hydrogen) atoms. The van der Waals surface area contributed by atoms with E-state index in [1.165, 1.54) is 17.0 Å². The molecule has 2 saturated heterocycles. The van der Waals surface area contributed by atoms with Crippen molar-refractivity contribution in [3.63, 3.8) is 0 Å². The van der Waals surface area contributed by atoms with Crippen molar-refractivity contribution in [1.82, 2.24) is 10.2 Å². The van der Waals surface area contributed by atoms with Crippen LogP contribution in [0.5, 0.6) is 0 Å². The van der Waals surface area contributed by atoms with Gasteiger partial charge >= 0.3 is 0 Å². The molecule has 2 N–H and O–H groups in total. The van der Waals surface area contributed by atoms with Gasteiger partial charge in [-0.25, -0.2) is 4.39 Å². The number of morpholine rings is 1. The van der Waals surface area contributed by atoms with E-state index in [0.29, 0.717) is 17.8 Å². The molecule has 0 aromatic heterocycles. The SMILES string of the molecule is O=C(NCCCN1CCOCC1)c1ccccc1NC(=O)[C@@H]1CC(=O)N(c2ccccc2F)C1. The first-order valence-electron chi connectivity index (χ1n) is 11.6. The van der Waals surface area contributed by atoms with E-state index in [4.69, 9.17) is 4.74 Å². The third kappa shape index (κ3) is 5.78. The number of amides is 3. The summed E-state index contributed by atoms with van der Waals surface area (Å²) in [4.78, 5) is 41.7. The van der Waals surface area contributed by atoms with E-state index in [0.717, 1.165) is 39.3 Å². The second-order valence-corrected chi connectivity index (χ2v) is 8.46. The normalized spacial score (nSPS) is 18.7. The summed E-state index contributed by atoms with van der Waals surface area (Å²) in [5.74, 6) is -2.10. The Morgan fingerprint density at radius 2 is 1.79 bits per heavy atom. The van der Waals surface area contributed by atoms with E-state index in [1.807, 2.05) is 0 Å². The first-order chi connectivity index (χ1) is 16.5. The first kappa shape index (κ1) is 23.8. The number of ether oxygens (including phenoxy) is 1. The molecular weight excluding hydrogens is 439 g/mol. The van der Waals surface area contributed by atoms with Gasteiger partial charge in [0.25, 0.3) is 5.91 Å². The first-order valence-corrected chi connectivity index (χ1v) is 11.6. The summed E-state index contributed by atoms with van der Waals surface area (Å²) in [7, 11) is 0. The third-order valence-corrected chi connectivity index (χ3v) is 6.11. The van der Waals surface area contributed by atoms with E-state index in [1.54, 1.807) is 36.4 Å². The Hall–Kier alpha value is -3.30. The molecule has 8 nitrogen and oxygen atoms in total. The minimum atomic E-state index is -0.642. The molecule has 2 aromatic carbocycles. The number of anilines is 2. The van der Waals surface area contributed by atoms with E-state index in [2.05, 4.69) is 15.5 Å². The van der Waals surface area contributed by atoms with Gasteiger partial charge in [-0.05, 0) is 37.2 Å². The highest BCUT2D eigenvalue weighted by Gasteiger charge is 2.36. The smallest absolute Gasteiger partial charge is 0.253 e. The lowest BCUT2D eigenvalue weighted by Gasteiger charge is -2.26. The monoisotopic (exact) mass is 468 g/mol. The van der Waals surface area contributed by atoms with Crippen molar-refractivity contribution in [2.75, 3.05) is 56.2 Å². The lowest BCUT2D eigenvalue weighted by Crippen LogP contribution is -2.38. The standard InChI is InChI=1S/C25H29FN4O4/c26-20-7-2-4-9-22(20)30-17-18(16-23(30)31)24(32)28-21-8-3-1-6-19(21)25(33)27-10-5-11-29-12-14-34-15-13-29/h1-4,6-9,18H,5,10-17H2,(H,27,33)(H,28,32)/t18-/m1/s1. The summed E-state index contributed by atoms with van der Waals surface area (Å²) in [6.07, 6.45) is 0.798. The number of para-hydroxylation sites is 2. The molecule has 0 spiro atoms. The third-order valence-electron chi connectivity index (χ3n) is 6.11. The van der Waals surface area contributed by atoms with Gasteiger partial charge < -0.3 is 20.3 Å². The Morgan fingerprint density at radius 1 is 1.06 bits per heavy atom. The fraction of sp³-hybridized carbons (Fsp3) is 0.400. The number of nitrogens with one attached hydrogen (secondary N) is 2. The van der Waals surface area contributed by atoms with Gasteiger partial charge in [0.15, 0.2) is 0 Å². The molecule has 2 aliphatic heterocycles. The minimum absolute atomic E-state index is 0.0178. The van der Waals surface area contributed by atoms with Crippen molar-refractivity contribution in [3.8, 4) is 0 Å². The molecule has 0 radical (unpaired) electrons. The van der Waals surface area contributed by atoms with Gasteiger partial charge in [0.2, 0.25) is 11.8 Å². The van der Waals surface area contributed by atoms with Crippen LogP contribution in [0.1, 0.15) is 23.2 Å². The summed E-state index contributed by atoms with van der Waals surface area (Å²) < 4.78 is 19.5. The molecule has 2 aliphatic rings. The predicted molar refractivity (Wildman–Crippen MR) is 126 cm³/mol. The van der Waals surface area contributed by atoms with Gasteiger partial charge in [0.1, 0.15) is 5.82 Å². The summed E-state index contributed by atoms with van der Waals surface area (Å²) in [6.45, 7) is 4.78. The van der Waals surface area contributed by atoms with Crippen molar-refractivity contribution in [3.05, 3.63) is 59.9 Å². The largest absolute Gasteiger partial charge is 0.379 e. The van der Waals surface area contributed by atoms with Crippen LogP contribution in [0.25, 0.3) is 0 Å². The molecule has 0 unspecified atom stereocenters. The Morgan fingerprint density at radius 3 is 2.59 bits per heavy atom. The number of carbonyl (C=O) groups excluding carboxylic acids is 3. The van der Waals surface area contributed by atoms with Crippen molar-refractivity contribution >= 4 is 29.1 Å². The van der Waals surface area contributed by atoms with E-state index in [9.17, 15) is 18.8 Å². The second-order valence-electron chi connectivity index (χ2n) is 8.46. The highest BCUT2D eigenvalue weighted by atomic mass is 19.1. The van der Waals surface area contributed by atoms with Crippen LogP contribution in [0.2, 0.25) is 0 Å². The van der Waals surface area contributed by atoms with Crippen LogP contribution < -0.4 is 15.5 Å². The molecule has 2 heterocycles. The lowest BCUT2D eigenvalue weighted by atomic mass is 10.1. The summed E-state index contributed by atoms with van der Waals surface area (Å²) in [6, 6.07) is 12.8. The molecular formula is C25H29FN4O4. The van der Waals surface area contributed by atoms with Crippen LogP contribution in [-0.4, -0.2) is 68.6 Å². The van der Waals surface area contributed by atoms with Gasteiger partial charge in [0, 0.05) is 32.6 Å². The maximum atomic E-state index is 14.1. The molecule has 2 fully saturated rings. The Kier molecular flexibility index (Phi) is 7.87. The molecule has 0 saturated carbocycles. The topological polar surface area (TPSA) is 91.0 Å². The second kappa shape index (κ2) is 11.2. The number of rotatable bonds is 8. The van der Waals surface area contributed by atoms with Crippen molar-refractivity contribution < 1.29 is 23.5 Å². The Labute approximate surface area is 198 Å². The Balaban J connectivity index is 1.32. The molecule has 180 valence electrons. The van der Waals surface area contributed by atoms with Gasteiger partial charge in [-0.1, -0.05) is 24.3 Å². The maximum absolute atomic E-state index is 14.1. The summed E-state index contributed by atoms with van der Waals surface area (Å²) >= 11 is 0. The average Bonchev–Trinajstić information content (AvgIpc) is 3.24. The van der Waals surface area contributed by atoms with Crippen molar-refractivity contribution in [2.45, 2.75) is 12.8 Å². The van der Waals surface area contributed by atoms with Crippen molar-refractivity contribution in [1.29, 1.82) is 0 Å². The average molecular weight is 469 g/mol. The summed E-state index contributed by atoms with van der Waals surface area (Å²) in [5.41, 5.74) is 0.909. The number of benzene rings is 2. The highest BCUT2D eigenvalue weighted by Crippen LogP contribution is 2.28. The molecule has 0 aliphatic carbocycles. The molecule has 4 rings (SSSR count).